The molecule has 1 aliphatic rings. The summed E-state index contributed by atoms with van der Waals surface area (Å²) in [4.78, 5) is 25.6. The van der Waals surface area contributed by atoms with E-state index in [4.69, 9.17) is 16.3 Å². The van der Waals surface area contributed by atoms with Gasteiger partial charge in [0.05, 0.1) is 12.8 Å². The molecule has 0 bridgehead atoms. The Kier molecular flexibility index (Phi) is 5.16. The van der Waals surface area contributed by atoms with Crippen LogP contribution in [0.25, 0.3) is 0 Å². The summed E-state index contributed by atoms with van der Waals surface area (Å²) in [7, 11) is 1.51. The summed E-state index contributed by atoms with van der Waals surface area (Å²) in [6.07, 6.45) is 1.04. The number of methoxy groups -OCH3 is 1. The molecule has 0 saturated heterocycles. The van der Waals surface area contributed by atoms with E-state index < -0.39 is 5.41 Å². The van der Waals surface area contributed by atoms with Crippen LogP contribution in [0.5, 0.6) is 5.75 Å². The molecule has 0 unspecified atom stereocenters. The van der Waals surface area contributed by atoms with Gasteiger partial charge in [-0.2, -0.15) is 0 Å². The minimum absolute atomic E-state index is 0.284. The predicted molar refractivity (Wildman–Crippen MR) is 108 cm³/mol. The maximum atomic E-state index is 12.9. The second-order valence-corrected chi connectivity index (χ2v) is 7.50. The van der Waals surface area contributed by atoms with E-state index in [0.717, 1.165) is 16.7 Å². The van der Waals surface area contributed by atoms with Crippen LogP contribution in [0.1, 0.15) is 29.5 Å². The zero-order chi connectivity index (χ0) is 19.8. The Morgan fingerprint density at radius 3 is 2.22 bits per heavy atom. The van der Waals surface area contributed by atoms with Crippen molar-refractivity contribution in [1.82, 2.24) is 0 Å². The van der Waals surface area contributed by atoms with Crippen molar-refractivity contribution in [3.8, 4) is 5.75 Å². The van der Waals surface area contributed by atoms with Gasteiger partial charge in [0.25, 0.3) is 0 Å². The Morgan fingerprint density at radius 2 is 1.63 bits per heavy atom. The Bertz CT molecular complexity index is 920. The lowest BCUT2D eigenvalue weighted by atomic mass is 10.0. The lowest BCUT2D eigenvalue weighted by Gasteiger charge is -2.18. The van der Waals surface area contributed by atoms with Crippen LogP contribution in [0.4, 0.5) is 11.4 Å². The van der Waals surface area contributed by atoms with Gasteiger partial charge in [0.15, 0.2) is 0 Å². The van der Waals surface area contributed by atoms with E-state index in [1.165, 1.54) is 7.11 Å². The molecular formula is C21H23ClN2O3. The molecule has 1 aliphatic carbocycles. The lowest BCUT2D eigenvalue weighted by Crippen LogP contribution is -2.35. The molecule has 6 heteroatoms. The number of carbonyl (C=O) groups excluding carboxylic acids is 2. The van der Waals surface area contributed by atoms with Gasteiger partial charge in [-0.3, -0.25) is 9.59 Å². The van der Waals surface area contributed by atoms with Crippen molar-refractivity contribution in [1.29, 1.82) is 0 Å². The number of hydrogen-bond donors (Lipinski definition) is 2. The smallest absolute Gasteiger partial charge is 0.240 e. The number of halogens is 1. The van der Waals surface area contributed by atoms with Crippen LogP contribution >= 0.6 is 11.6 Å². The Balaban J connectivity index is 1.77. The first-order valence-corrected chi connectivity index (χ1v) is 9.19. The molecule has 5 nitrogen and oxygen atoms in total. The fourth-order valence-electron chi connectivity index (χ4n) is 2.92. The van der Waals surface area contributed by atoms with E-state index in [1.807, 2.05) is 39.0 Å². The third-order valence-corrected chi connectivity index (χ3v) is 5.52. The average Bonchev–Trinajstić information content (AvgIpc) is 3.43. The lowest BCUT2D eigenvalue weighted by molar-refractivity contribution is -0.131. The molecule has 2 amide bonds. The monoisotopic (exact) mass is 386 g/mol. The zero-order valence-corrected chi connectivity index (χ0v) is 16.7. The Morgan fingerprint density at radius 1 is 0.963 bits per heavy atom. The van der Waals surface area contributed by atoms with Crippen molar-refractivity contribution in [2.75, 3.05) is 17.7 Å². The van der Waals surface area contributed by atoms with Gasteiger partial charge < -0.3 is 15.4 Å². The molecule has 0 aliphatic heterocycles. The highest BCUT2D eigenvalue weighted by Gasteiger charge is 2.56. The van der Waals surface area contributed by atoms with Crippen molar-refractivity contribution in [2.24, 2.45) is 5.41 Å². The number of aryl methyl sites for hydroxylation is 3. The summed E-state index contributed by atoms with van der Waals surface area (Å²) in [6.45, 7) is 5.84. The quantitative estimate of drug-likeness (QED) is 0.736. The maximum Gasteiger partial charge on any atom is 0.240 e. The van der Waals surface area contributed by atoms with E-state index in [9.17, 15) is 9.59 Å². The van der Waals surface area contributed by atoms with Gasteiger partial charge in [0.1, 0.15) is 11.2 Å². The molecule has 2 aromatic rings. The molecule has 1 fully saturated rings. The van der Waals surface area contributed by atoms with Gasteiger partial charge in [-0.05, 0) is 68.5 Å². The van der Waals surface area contributed by atoms with Crippen LogP contribution in [0, 0.1) is 26.2 Å². The van der Waals surface area contributed by atoms with Crippen LogP contribution < -0.4 is 15.4 Å². The number of ether oxygens (including phenoxy) is 1. The summed E-state index contributed by atoms with van der Waals surface area (Å²) in [5, 5.41) is 6.27. The summed E-state index contributed by atoms with van der Waals surface area (Å²) < 4.78 is 5.30. The molecule has 2 N–H and O–H groups in total. The first-order chi connectivity index (χ1) is 12.8. The Labute approximate surface area is 164 Å². The van der Waals surface area contributed by atoms with Crippen molar-refractivity contribution in [2.45, 2.75) is 33.6 Å². The minimum atomic E-state index is -1.04. The molecule has 0 spiro atoms. The highest BCUT2D eigenvalue weighted by molar-refractivity contribution is 6.31. The van der Waals surface area contributed by atoms with Crippen LogP contribution in [0.3, 0.4) is 0 Å². The number of carbonyl (C=O) groups is 2. The standard InChI is InChI=1S/C21H23ClN2O3/c1-12-5-6-15(9-13(12)2)23-19(25)21(7-8-21)20(26)24-17-10-14(3)16(22)11-18(17)27-4/h5-6,9-11H,7-8H2,1-4H3,(H,23,25)(H,24,26). The summed E-state index contributed by atoms with van der Waals surface area (Å²) >= 11 is 6.11. The molecule has 142 valence electrons. The van der Waals surface area contributed by atoms with E-state index in [2.05, 4.69) is 10.6 Å². The Hall–Kier alpha value is -2.53. The molecule has 0 radical (unpaired) electrons. The van der Waals surface area contributed by atoms with E-state index in [-0.39, 0.29) is 11.8 Å². The van der Waals surface area contributed by atoms with Crippen molar-refractivity contribution in [3.63, 3.8) is 0 Å². The normalized spacial score (nSPS) is 14.4. The van der Waals surface area contributed by atoms with Crippen molar-refractivity contribution in [3.05, 3.63) is 52.0 Å². The number of rotatable bonds is 5. The predicted octanol–water partition coefficient (Wildman–Crippen LogP) is 4.63. The molecular weight excluding hydrogens is 364 g/mol. The molecule has 1 saturated carbocycles. The fraction of sp³-hybridized carbons (Fsp3) is 0.333. The van der Waals surface area contributed by atoms with Crippen LogP contribution in [-0.4, -0.2) is 18.9 Å². The SMILES string of the molecule is COc1cc(Cl)c(C)cc1NC(=O)C1(C(=O)Nc2ccc(C)c(C)c2)CC1. The molecule has 2 aromatic carbocycles. The molecule has 0 atom stereocenters. The first kappa shape index (κ1) is 19.2. The highest BCUT2D eigenvalue weighted by Crippen LogP contribution is 2.48. The van der Waals surface area contributed by atoms with Gasteiger partial charge in [-0.25, -0.2) is 0 Å². The van der Waals surface area contributed by atoms with Gasteiger partial charge >= 0.3 is 0 Å². The van der Waals surface area contributed by atoms with Crippen molar-refractivity contribution < 1.29 is 14.3 Å². The van der Waals surface area contributed by atoms with E-state index in [1.54, 1.807) is 12.1 Å². The molecule has 27 heavy (non-hydrogen) atoms. The molecule has 0 aromatic heterocycles. The maximum absolute atomic E-state index is 12.9. The molecule has 0 heterocycles. The van der Waals surface area contributed by atoms with Crippen LogP contribution in [0.15, 0.2) is 30.3 Å². The minimum Gasteiger partial charge on any atom is -0.495 e. The number of nitrogens with one attached hydrogen (secondary N) is 2. The second-order valence-electron chi connectivity index (χ2n) is 7.09. The third kappa shape index (κ3) is 3.78. The van der Waals surface area contributed by atoms with Gasteiger partial charge in [-0.15, -0.1) is 0 Å². The summed E-state index contributed by atoms with van der Waals surface area (Å²) in [5.41, 5.74) is 3.21. The van der Waals surface area contributed by atoms with E-state index >= 15 is 0 Å². The van der Waals surface area contributed by atoms with Gasteiger partial charge in [0.2, 0.25) is 11.8 Å². The fourth-order valence-corrected chi connectivity index (χ4v) is 3.08. The first-order valence-electron chi connectivity index (χ1n) is 8.81. The third-order valence-electron chi connectivity index (χ3n) is 5.11. The van der Waals surface area contributed by atoms with Crippen molar-refractivity contribution >= 4 is 34.8 Å². The average molecular weight is 387 g/mol. The second kappa shape index (κ2) is 7.24. The zero-order valence-electron chi connectivity index (χ0n) is 15.9. The largest absolute Gasteiger partial charge is 0.495 e. The summed E-state index contributed by atoms with van der Waals surface area (Å²) in [5.74, 6) is -0.152. The number of hydrogen-bond acceptors (Lipinski definition) is 3. The number of amides is 2. The topological polar surface area (TPSA) is 67.4 Å². The highest BCUT2D eigenvalue weighted by atomic mass is 35.5. The molecule has 3 rings (SSSR count). The van der Waals surface area contributed by atoms with Gasteiger partial charge in [-0.1, -0.05) is 17.7 Å². The van der Waals surface area contributed by atoms with E-state index in [0.29, 0.717) is 35.0 Å². The van der Waals surface area contributed by atoms with Crippen LogP contribution in [-0.2, 0) is 9.59 Å². The van der Waals surface area contributed by atoms with Gasteiger partial charge in [0, 0.05) is 16.8 Å². The van der Waals surface area contributed by atoms with Crippen LogP contribution in [0.2, 0.25) is 5.02 Å². The number of benzene rings is 2. The summed E-state index contributed by atoms with van der Waals surface area (Å²) in [6, 6.07) is 9.11. The number of anilines is 2.